The first-order chi connectivity index (χ1) is 16.8. The van der Waals surface area contributed by atoms with Crippen molar-refractivity contribution in [3.05, 3.63) is 42.5 Å². The highest BCUT2D eigenvalue weighted by atomic mass is 32.2. The van der Waals surface area contributed by atoms with Crippen LogP contribution in [0.3, 0.4) is 0 Å². The van der Waals surface area contributed by atoms with Crippen LogP contribution in [-0.2, 0) is 24.3 Å². The van der Waals surface area contributed by atoms with Gasteiger partial charge in [-0.1, -0.05) is 13.8 Å². The fourth-order valence-electron chi connectivity index (χ4n) is 3.05. The Hall–Kier alpha value is -3.52. The van der Waals surface area contributed by atoms with Crippen molar-refractivity contribution in [3.63, 3.8) is 0 Å². The summed E-state index contributed by atoms with van der Waals surface area (Å²) < 4.78 is 84.1. The number of hydrogen-bond acceptors (Lipinski definition) is 8. The van der Waals surface area contributed by atoms with Gasteiger partial charge in [0.1, 0.15) is 25.0 Å². The summed E-state index contributed by atoms with van der Waals surface area (Å²) in [5.41, 5.74) is 0.130. The molecule has 0 aromatic heterocycles. The predicted molar refractivity (Wildman–Crippen MR) is 119 cm³/mol. The smallest absolute Gasteiger partial charge is 0.486 e. The maximum absolute atomic E-state index is 12.9. The Morgan fingerprint density at radius 2 is 1.67 bits per heavy atom. The van der Waals surface area contributed by atoms with Crippen molar-refractivity contribution in [1.29, 1.82) is 0 Å². The number of benzene rings is 2. The lowest BCUT2D eigenvalue weighted by Gasteiger charge is -2.22. The molecule has 1 aliphatic heterocycles. The van der Waals surface area contributed by atoms with Gasteiger partial charge in [0.2, 0.25) is 10.0 Å². The number of nitrogens with one attached hydrogen (secondary N) is 2. The topological polar surface area (TPSA) is 129 Å². The van der Waals surface area contributed by atoms with Crippen LogP contribution in [0.5, 0.6) is 17.2 Å². The average molecular weight is 532 g/mol. The van der Waals surface area contributed by atoms with Gasteiger partial charge in [-0.15, -0.1) is 13.2 Å². The summed E-state index contributed by atoms with van der Waals surface area (Å²) >= 11 is 0. The fraction of sp³-hybridized carbons (Fsp3) is 0.364. The molecule has 0 aliphatic carbocycles. The Kier molecular flexibility index (Phi) is 8.30. The van der Waals surface area contributed by atoms with Gasteiger partial charge < -0.3 is 24.3 Å². The van der Waals surface area contributed by atoms with E-state index in [1.54, 1.807) is 13.8 Å². The maximum atomic E-state index is 12.9. The summed E-state index contributed by atoms with van der Waals surface area (Å²) in [7, 11) is -4.17. The van der Waals surface area contributed by atoms with Gasteiger partial charge in [-0.05, 0) is 42.3 Å². The number of alkyl halides is 3. The molecule has 2 aromatic rings. The van der Waals surface area contributed by atoms with Crippen molar-refractivity contribution in [2.75, 3.05) is 25.1 Å². The first-order valence-corrected chi connectivity index (χ1v) is 12.1. The van der Waals surface area contributed by atoms with E-state index in [1.807, 2.05) is 0 Å². The zero-order valence-electron chi connectivity index (χ0n) is 19.1. The standard InChI is InChI=1S/C22H23F3N2O8S/c1-13(2)20(27-36(30,31)16-7-8-17-18(11-16)33-10-9-32-17)21(29)34-12-19(28)26-14-3-5-15(6-4-14)35-22(23,24)25/h3-8,11,13,20,27H,9-10,12H2,1-2H3,(H,26,28)/t20-/m0/s1. The van der Waals surface area contributed by atoms with Crippen molar-refractivity contribution in [1.82, 2.24) is 4.72 Å². The van der Waals surface area contributed by atoms with Gasteiger partial charge in [0, 0.05) is 11.8 Å². The van der Waals surface area contributed by atoms with Crippen molar-refractivity contribution < 1.29 is 50.1 Å². The third kappa shape index (κ3) is 7.49. The van der Waals surface area contributed by atoms with Gasteiger partial charge >= 0.3 is 12.3 Å². The molecule has 1 atom stereocenters. The lowest BCUT2D eigenvalue weighted by molar-refractivity contribution is -0.274. The number of ether oxygens (including phenoxy) is 4. The second-order valence-electron chi connectivity index (χ2n) is 7.88. The molecule has 196 valence electrons. The zero-order chi connectivity index (χ0) is 26.5. The average Bonchev–Trinajstić information content (AvgIpc) is 2.81. The minimum absolute atomic E-state index is 0.130. The van der Waals surface area contributed by atoms with Crippen molar-refractivity contribution in [2.24, 2.45) is 5.92 Å². The quantitative estimate of drug-likeness (QED) is 0.472. The molecule has 2 N–H and O–H groups in total. The number of anilines is 1. The minimum Gasteiger partial charge on any atom is -0.486 e. The molecule has 10 nitrogen and oxygen atoms in total. The predicted octanol–water partition coefficient (Wildman–Crippen LogP) is 2.84. The van der Waals surface area contributed by atoms with Crippen LogP contribution in [0, 0.1) is 5.92 Å². The van der Waals surface area contributed by atoms with Gasteiger partial charge in [0.25, 0.3) is 5.91 Å². The first kappa shape index (κ1) is 27.1. The van der Waals surface area contributed by atoms with Crippen LogP contribution in [0.4, 0.5) is 18.9 Å². The Morgan fingerprint density at radius 3 is 2.28 bits per heavy atom. The summed E-state index contributed by atoms with van der Waals surface area (Å²) in [6.07, 6.45) is -4.85. The van der Waals surface area contributed by atoms with Crippen LogP contribution in [0.1, 0.15) is 13.8 Å². The highest BCUT2D eigenvalue weighted by Crippen LogP contribution is 2.32. The highest BCUT2D eigenvalue weighted by molar-refractivity contribution is 7.89. The molecule has 36 heavy (non-hydrogen) atoms. The second-order valence-corrected chi connectivity index (χ2v) is 9.59. The molecule has 0 fully saturated rings. The summed E-state index contributed by atoms with van der Waals surface area (Å²) in [6, 6.07) is 7.04. The number of hydrogen-bond donors (Lipinski definition) is 2. The molecule has 0 radical (unpaired) electrons. The van der Waals surface area contributed by atoms with Gasteiger partial charge in [-0.2, -0.15) is 4.72 Å². The second kappa shape index (κ2) is 11.0. The fourth-order valence-corrected chi connectivity index (χ4v) is 4.39. The molecule has 3 rings (SSSR count). The van der Waals surface area contributed by atoms with Crippen LogP contribution in [0.15, 0.2) is 47.4 Å². The molecule has 1 aliphatic rings. The largest absolute Gasteiger partial charge is 0.573 e. The van der Waals surface area contributed by atoms with Crippen LogP contribution in [-0.4, -0.2) is 52.5 Å². The van der Waals surface area contributed by atoms with E-state index >= 15 is 0 Å². The molecule has 1 heterocycles. The van der Waals surface area contributed by atoms with Crippen molar-refractivity contribution in [2.45, 2.75) is 31.1 Å². The van der Waals surface area contributed by atoms with Crippen LogP contribution in [0.2, 0.25) is 0 Å². The summed E-state index contributed by atoms with van der Waals surface area (Å²) in [5, 5.41) is 2.34. The van der Waals surface area contributed by atoms with E-state index in [1.165, 1.54) is 30.3 Å². The molecular weight excluding hydrogens is 509 g/mol. The highest BCUT2D eigenvalue weighted by Gasteiger charge is 2.32. The molecule has 14 heteroatoms. The van der Waals surface area contributed by atoms with Gasteiger partial charge in [0.15, 0.2) is 18.1 Å². The van der Waals surface area contributed by atoms with E-state index in [0.717, 1.165) is 12.1 Å². The van der Waals surface area contributed by atoms with Crippen LogP contribution in [0.25, 0.3) is 0 Å². The maximum Gasteiger partial charge on any atom is 0.573 e. The first-order valence-electron chi connectivity index (χ1n) is 10.6. The molecule has 1 amide bonds. The van der Waals surface area contributed by atoms with Crippen molar-refractivity contribution in [3.8, 4) is 17.2 Å². The molecule has 0 saturated heterocycles. The van der Waals surface area contributed by atoms with Crippen LogP contribution < -0.4 is 24.2 Å². The SMILES string of the molecule is CC(C)[C@H](NS(=O)(=O)c1ccc2c(c1)OCCO2)C(=O)OCC(=O)Nc1ccc(OC(F)(F)F)cc1. The molecule has 0 spiro atoms. The summed E-state index contributed by atoms with van der Waals surface area (Å²) in [5.74, 6) is -2.14. The molecule has 0 unspecified atom stereocenters. The molecule has 2 aromatic carbocycles. The Balaban J connectivity index is 1.58. The number of carbonyl (C=O) groups is 2. The number of carbonyl (C=O) groups excluding carboxylic acids is 2. The zero-order valence-corrected chi connectivity index (χ0v) is 19.9. The normalized spacial score (nSPS) is 14.2. The van der Waals surface area contributed by atoms with Crippen molar-refractivity contribution >= 4 is 27.6 Å². The van der Waals surface area contributed by atoms with E-state index in [9.17, 15) is 31.2 Å². The number of sulfonamides is 1. The summed E-state index contributed by atoms with van der Waals surface area (Å²) in [6.45, 7) is 3.02. The lowest BCUT2D eigenvalue weighted by Crippen LogP contribution is -2.45. The summed E-state index contributed by atoms with van der Waals surface area (Å²) in [4.78, 5) is 24.5. The Morgan fingerprint density at radius 1 is 1.03 bits per heavy atom. The Labute approximate surface area is 204 Å². The van der Waals surface area contributed by atoms with Gasteiger partial charge in [0.05, 0.1) is 4.90 Å². The third-order valence-electron chi connectivity index (χ3n) is 4.74. The molecule has 0 bridgehead atoms. The van der Waals surface area contributed by atoms with Gasteiger partial charge in [-0.3, -0.25) is 9.59 Å². The van der Waals surface area contributed by atoms with E-state index in [-0.39, 0.29) is 22.9 Å². The number of esters is 1. The number of halogens is 3. The van der Waals surface area contributed by atoms with Crippen LogP contribution >= 0.6 is 0 Å². The van der Waals surface area contributed by atoms with Gasteiger partial charge in [-0.25, -0.2) is 8.42 Å². The Bertz CT molecular complexity index is 1200. The molecule has 0 saturated carbocycles. The number of rotatable bonds is 9. The lowest BCUT2D eigenvalue weighted by atomic mass is 10.1. The number of fused-ring (bicyclic) bond motifs is 1. The third-order valence-corrected chi connectivity index (χ3v) is 6.18. The van der Waals surface area contributed by atoms with E-state index in [4.69, 9.17) is 14.2 Å². The van der Waals surface area contributed by atoms with E-state index in [0.29, 0.717) is 12.4 Å². The molecular formula is C22H23F3N2O8S. The minimum atomic E-state index is -4.85. The number of amides is 1. The monoisotopic (exact) mass is 532 g/mol. The van der Waals surface area contributed by atoms with E-state index in [2.05, 4.69) is 14.8 Å². The van der Waals surface area contributed by atoms with E-state index < -0.39 is 52.6 Å².